The van der Waals surface area contributed by atoms with Gasteiger partial charge in [0.2, 0.25) is 5.91 Å². The van der Waals surface area contributed by atoms with E-state index in [0.29, 0.717) is 25.7 Å². The largest absolute Gasteiger partial charge is 0.347 e. The highest BCUT2D eigenvalue weighted by atomic mass is 16.2. The molecule has 5 heteroatoms. The predicted molar refractivity (Wildman–Crippen MR) is 76.2 cm³/mol. The van der Waals surface area contributed by atoms with E-state index in [4.69, 9.17) is 0 Å². The molecule has 0 aliphatic carbocycles. The quantitative estimate of drug-likeness (QED) is 0.620. The van der Waals surface area contributed by atoms with Crippen molar-refractivity contribution in [1.82, 2.24) is 5.32 Å². The third-order valence-corrected chi connectivity index (χ3v) is 3.24. The lowest BCUT2D eigenvalue weighted by Crippen LogP contribution is -2.39. The van der Waals surface area contributed by atoms with Crippen LogP contribution in [0, 0.1) is 5.92 Å². The molecule has 20 heavy (non-hydrogen) atoms. The maximum Gasteiger partial charge on any atom is 0.220 e. The monoisotopic (exact) mass is 283 g/mol. The highest BCUT2D eigenvalue weighted by Crippen LogP contribution is 2.06. The summed E-state index contributed by atoms with van der Waals surface area (Å²) >= 11 is 0. The van der Waals surface area contributed by atoms with Crippen LogP contribution < -0.4 is 5.32 Å². The second kappa shape index (κ2) is 9.39. The first-order valence-electron chi connectivity index (χ1n) is 7.06. The third-order valence-electron chi connectivity index (χ3n) is 3.24. The minimum Gasteiger partial charge on any atom is -0.347 e. The van der Waals surface area contributed by atoms with Gasteiger partial charge in [-0.15, -0.1) is 0 Å². The van der Waals surface area contributed by atoms with Gasteiger partial charge in [-0.25, -0.2) is 0 Å². The van der Waals surface area contributed by atoms with Gasteiger partial charge in [-0.3, -0.25) is 14.4 Å². The molecule has 114 valence electrons. The summed E-state index contributed by atoms with van der Waals surface area (Å²) in [7, 11) is 0. The van der Waals surface area contributed by atoms with Crippen molar-refractivity contribution in [2.75, 3.05) is 0 Å². The molecule has 0 heterocycles. The van der Waals surface area contributed by atoms with Gasteiger partial charge in [-0.2, -0.15) is 0 Å². The summed E-state index contributed by atoms with van der Waals surface area (Å²) in [5, 5.41) is 2.63. The Morgan fingerprint density at radius 3 is 2.00 bits per heavy atom. The SMILES string of the molecule is CC(=O)CCCCC(=O)NC(C)C(=O)CC(C)C(C)=O. The Morgan fingerprint density at radius 2 is 1.50 bits per heavy atom. The standard InChI is InChI=1S/C15H25NO4/c1-10(13(4)18)9-14(19)12(3)16-15(20)8-6-5-7-11(2)17/h10,12H,5-9H2,1-4H3,(H,16,20). The minimum absolute atomic E-state index is 0.0268. The lowest BCUT2D eigenvalue weighted by atomic mass is 9.98. The number of Topliss-reactive ketones (excluding diaryl/α,β-unsaturated/α-hetero) is 3. The van der Waals surface area contributed by atoms with E-state index in [9.17, 15) is 19.2 Å². The molecule has 0 bridgehead atoms. The van der Waals surface area contributed by atoms with Gasteiger partial charge in [0.1, 0.15) is 11.6 Å². The summed E-state index contributed by atoms with van der Waals surface area (Å²) in [6, 6.07) is -0.572. The Hall–Kier alpha value is -1.52. The zero-order valence-corrected chi connectivity index (χ0v) is 12.8. The first-order valence-corrected chi connectivity index (χ1v) is 7.06. The van der Waals surface area contributed by atoms with Gasteiger partial charge in [0, 0.05) is 25.2 Å². The molecule has 1 amide bonds. The summed E-state index contributed by atoms with van der Waals surface area (Å²) in [6.45, 7) is 6.31. The third kappa shape index (κ3) is 8.56. The molecule has 0 aliphatic heterocycles. The van der Waals surface area contributed by atoms with Crippen LogP contribution in [0.15, 0.2) is 0 Å². The number of carbonyl (C=O) groups is 4. The van der Waals surface area contributed by atoms with E-state index in [2.05, 4.69) is 5.32 Å². The van der Waals surface area contributed by atoms with Crippen molar-refractivity contribution in [1.29, 1.82) is 0 Å². The molecule has 0 aromatic heterocycles. The summed E-state index contributed by atoms with van der Waals surface area (Å²) in [4.78, 5) is 45.2. The van der Waals surface area contributed by atoms with Gasteiger partial charge in [-0.05, 0) is 33.6 Å². The van der Waals surface area contributed by atoms with Crippen LogP contribution in [0.25, 0.3) is 0 Å². The van der Waals surface area contributed by atoms with E-state index in [0.717, 1.165) is 0 Å². The Balaban J connectivity index is 3.97. The van der Waals surface area contributed by atoms with Crippen molar-refractivity contribution in [3.8, 4) is 0 Å². The van der Waals surface area contributed by atoms with Crippen LogP contribution in [-0.2, 0) is 19.2 Å². The van der Waals surface area contributed by atoms with E-state index >= 15 is 0 Å². The first-order chi connectivity index (χ1) is 9.23. The molecule has 2 unspecified atom stereocenters. The second-order valence-corrected chi connectivity index (χ2v) is 5.38. The molecule has 1 N–H and O–H groups in total. The Labute approximate surface area is 120 Å². The van der Waals surface area contributed by atoms with E-state index in [1.807, 2.05) is 0 Å². The van der Waals surface area contributed by atoms with E-state index < -0.39 is 6.04 Å². The zero-order valence-electron chi connectivity index (χ0n) is 12.8. The molecule has 2 atom stereocenters. The summed E-state index contributed by atoms with van der Waals surface area (Å²) < 4.78 is 0. The molecule has 0 aromatic rings. The van der Waals surface area contributed by atoms with Gasteiger partial charge in [0.15, 0.2) is 5.78 Å². The fraction of sp³-hybridized carbons (Fsp3) is 0.733. The minimum atomic E-state index is -0.572. The van der Waals surface area contributed by atoms with Gasteiger partial charge >= 0.3 is 0 Å². The lowest BCUT2D eigenvalue weighted by molar-refractivity contribution is -0.129. The Morgan fingerprint density at radius 1 is 0.950 bits per heavy atom. The van der Waals surface area contributed by atoms with Crippen LogP contribution in [0.2, 0.25) is 0 Å². The van der Waals surface area contributed by atoms with Crippen LogP contribution in [-0.4, -0.2) is 29.3 Å². The number of carbonyl (C=O) groups excluding carboxylic acids is 4. The number of hydrogen-bond donors (Lipinski definition) is 1. The highest BCUT2D eigenvalue weighted by molar-refractivity contribution is 5.92. The van der Waals surface area contributed by atoms with Crippen molar-refractivity contribution < 1.29 is 19.2 Å². The maximum atomic E-state index is 11.8. The van der Waals surface area contributed by atoms with Crippen molar-refractivity contribution in [3.05, 3.63) is 0 Å². The Bertz CT molecular complexity index is 376. The number of rotatable bonds is 10. The molecule has 0 radical (unpaired) electrons. The van der Waals surface area contributed by atoms with E-state index in [1.165, 1.54) is 13.8 Å². The smallest absolute Gasteiger partial charge is 0.220 e. The van der Waals surface area contributed by atoms with Crippen LogP contribution in [0.4, 0.5) is 0 Å². The van der Waals surface area contributed by atoms with Crippen LogP contribution in [0.1, 0.15) is 59.8 Å². The van der Waals surface area contributed by atoms with Crippen LogP contribution >= 0.6 is 0 Å². The van der Waals surface area contributed by atoms with Crippen molar-refractivity contribution >= 4 is 23.3 Å². The fourth-order valence-corrected chi connectivity index (χ4v) is 1.68. The van der Waals surface area contributed by atoms with Crippen molar-refractivity contribution in [3.63, 3.8) is 0 Å². The normalized spacial score (nSPS) is 13.4. The molecule has 0 saturated heterocycles. The van der Waals surface area contributed by atoms with Crippen molar-refractivity contribution in [2.45, 2.75) is 65.8 Å². The molecule has 5 nitrogen and oxygen atoms in total. The number of nitrogens with one attached hydrogen (secondary N) is 1. The molecule has 0 aliphatic rings. The van der Waals surface area contributed by atoms with Gasteiger partial charge < -0.3 is 10.1 Å². The average Bonchev–Trinajstić information content (AvgIpc) is 2.33. The number of hydrogen-bond acceptors (Lipinski definition) is 4. The molecule has 0 saturated carbocycles. The van der Waals surface area contributed by atoms with Gasteiger partial charge in [0.25, 0.3) is 0 Å². The lowest BCUT2D eigenvalue weighted by Gasteiger charge is -2.14. The number of unbranched alkanes of at least 4 members (excludes halogenated alkanes) is 1. The second-order valence-electron chi connectivity index (χ2n) is 5.38. The van der Waals surface area contributed by atoms with Crippen LogP contribution in [0.3, 0.4) is 0 Å². The topological polar surface area (TPSA) is 80.3 Å². The first kappa shape index (κ1) is 18.5. The molecule has 0 aromatic carbocycles. The van der Waals surface area contributed by atoms with Gasteiger partial charge in [-0.1, -0.05) is 6.92 Å². The zero-order chi connectivity index (χ0) is 15.7. The molecular weight excluding hydrogens is 258 g/mol. The number of ketones is 3. The maximum absolute atomic E-state index is 11.8. The summed E-state index contributed by atoms with van der Waals surface area (Å²) in [5.74, 6) is -0.541. The van der Waals surface area contributed by atoms with Crippen LogP contribution in [0.5, 0.6) is 0 Å². The van der Waals surface area contributed by atoms with E-state index in [1.54, 1.807) is 13.8 Å². The van der Waals surface area contributed by atoms with Gasteiger partial charge in [0.05, 0.1) is 6.04 Å². The Kier molecular flexibility index (Phi) is 8.68. The summed E-state index contributed by atoms with van der Waals surface area (Å²) in [5.41, 5.74) is 0. The summed E-state index contributed by atoms with van der Waals surface area (Å²) in [6.07, 6.45) is 2.27. The fourth-order valence-electron chi connectivity index (χ4n) is 1.68. The molecule has 0 spiro atoms. The highest BCUT2D eigenvalue weighted by Gasteiger charge is 2.19. The molecule has 0 rings (SSSR count). The average molecular weight is 283 g/mol. The van der Waals surface area contributed by atoms with Crippen molar-refractivity contribution in [2.24, 2.45) is 5.92 Å². The number of amides is 1. The molecular formula is C15H25NO4. The van der Waals surface area contributed by atoms with E-state index in [-0.39, 0.29) is 35.6 Å². The molecule has 0 fully saturated rings. The predicted octanol–water partition coefficient (Wildman–Crippen LogP) is 1.82.